The second-order valence-electron chi connectivity index (χ2n) is 5.99. The maximum Gasteiger partial charge on any atom is 0.240 e. The molecule has 4 atom stereocenters. The summed E-state index contributed by atoms with van der Waals surface area (Å²) < 4.78 is 5.78. The number of hydrogen-bond donors (Lipinski definition) is 1. The van der Waals surface area contributed by atoms with Crippen molar-refractivity contribution in [3.8, 4) is 0 Å². The van der Waals surface area contributed by atoms with E-state index >= 15 is 0 Å². The second-order valence-corrected chi connectivity index (χ2v) is 5.99. The fraction of sp³-hybridized carbons (Fsp3) is 0.929. The van der Waals surface area contributed by atoms with E-state index in [4.69, 9.17) is 4.74 Å². The van der Waals surface area contributed by atoms with E-state index in [1.54, 1.807) is 0 Å². The third kappa shape index (κ3) is 2.28. The highest BCUT2D eigenvalue weighted by atomic mass is 16.5. The van der Waals surface area contributed by atoms with Crippen molar-refractivity contribution in [3.63, 3.8) is 0 Å². The minimum atomic E-state index is 0.0492. The van der Waals surface area contributed by atoms with Crippen LogP contribution in [0.3, 0.4) is 0 Å². The summed E-state index contributed by atoms with van der Waals surface area (Å²) in [5.41, 5.74) is 0. The van der Waals surface area contributed by atoms with E-state index in [-0.39, 0.29) is 6.04 Å². The van der Waals surface area contributed by atoms with Gasteiger partial charge in [-0.05, 0) is 45.4 Å². The van der Waals surface area contributed by atoms with Crippen LogP contribution in [-0.2, 0) is 9.53 Å². The predicted octanol–water partition coefficient (Wildman–Crippen LogP) is 1.30. The highest BCUT2D eigenvalue weighted by Gasteiger charge is 2.40. The molecule has 4 heteroatoms. The van der Waals surface area contributed by atoms with E-state index < -0.39 is 0 Å². The van der Waals surface area contributed by atoms with E-state index in [0.29, 0.717) is 24.1 Å². The van der Waals surface area contributed by atoms with E-state index in [1.807, 2.05) is 0 Å². The molecule has 18 heavy (non-hydrogen) atoms. The van der Waals surface area contributed by atoms with Crippen LogP contribution in [0.15, 0.2) is 0 Å². The van der Waals surface area contributed by atoms with Gasteiger partial charge < -0.3 is 15.0 Å². The quantitative estimate of drug-likeness (QED) is 0.765. The number of piperidine rings is 1. The van der Waals surface area contributed by atoms with Crippen LogP contribution in [0.25, 0.3) is 0 Å². The molecule has 2 aliphatic heterocycles. The molecular weight excluding hydrogens is 228 g/mol. The van der Waals surface area contributed by atoms with Gasteiger partial charge in [0, 0.05) is 12.6 Å². The SMILES string of the molecule is CC1CCCC(C(=O)N2CCOC3CCCC32)N1. The summed E-state index contributed by atoms with van der Waals surface area (Å²) in [6.07, 6.45) is 7.12. The lowest BCUT2D eigenvalue weighted by molar-refractivity contribution is -0.147. The molecule has 102 valence electrons. The average Bonchev–Trinajstić information content (AvgIpc) is 2.86. The number of ether oxygens (including phenoxy) is 1. The Hall–Kier alpha value is -0.610. The Morgan fingerprint density at radius 1 is 1.22 bits per heavy atom. The molecule has 1 amide bonds. The molecule has 3 fully saturated rings. The number of carbonyl (C=O) groups excluding carboxylic acids is 1. The van der Waals surface area contributed by atoms with Crippen LogP contribution < -0.4 is 5.32 Å². The van der Waals surface area contributed by atoms with Crippen LogP contribution in [0.2, 0.25) is 0 Å². The van der Waals surface area contributed by atoms with Gasteiger partial charge in [-0.3, -0.25) is 4.79 Å². The zero-order valence-electron chi connectivity index (χ0n) is 11.2. The average molecular weight is 252 g/mol. The van der Waals surface area contributed by atoms with Crippen molar-refractivity contribution >= 4 is 5.91 Å². The van der Waals surface area contributed by atoms with Crippen molar-refractivity contribution in [3.05, 3.63) is 0 Å². The number of fused-ring (bicyclic) bond motifs is 1. The number of hydrogen-bond acceptors (Lipinski definition) is 3. The van der Waals surface area contributed by atoms with Crippen molar-refractivity contribution in [1.29, 1.82) is 0 Å². The van der Waals surface area contributed by atoms with Gasteiger partial charge in [0.05, 0.1) is 24.8 Å². The van der Waals surface area contributed by atoms with Gasteiger partial charge in [-0.1, -0.05) is 0 Å². The third-order valence-corrected chi connectivity index (χ3v) is 4.68. The molecule has 0 aromatic heterocycles. The van der Waals surface area contributed by atoms with Gasteiger partial charge in [0.2, 0.25) is 5.91 Å². The Morgan fingerprint density at radius 3 is 2.89 bits per heavy atom. The maximum atomic E-state index is 12.6. The van der Waals surface area contributed by atoms with E-state index in [0.717, 1.165) is 32.4 Å². The van der Waals surface area contributed by atoms with E-state index in [9.17, 15) is 4.79 Å². The Bertz CT molecular complexity index is 321. The summed E-state index contributed by atoms with van der Waals surface area (Å²) in [5, 5.41) is 3.46. The van der Waals surface area contributed by atoms with Crippen LogP contribution in [0, 0.1) is 0 Å². The Morgan fingerprint density at radius 2 is 2.06 bits per heavy atom. The van der Waals surface area contributed by atoms with Crippen LogP contribution >= 0.6 is 0 Å². The van der Waals surface area contributed by atoms with Crippen LogP contribution in [0.4, 0.5) is 0 Å². The molecule has 1 N–H and O–H groups in total. The molecule has 0 spiro atoms. The monoisotopic (exact) mass is 252 g/mol. The molecule has 2 heterocycles. The van der Waals surface area contributed by atoms with Gasteiger partial charge in [-0.15, -0.1) is 0 Å². The van der Waals surface area contributed by atoms with Crippen molar-refractivity contribution in [2.24, 2.45) is 0 Å². The second kappa shape index (κ2) is 5.17. The molecule has 4 nitrogen and oxygen atoms in total. The molecule has 2 saturated heterocycles. The fourth-order valence-electron chi connectivity index (χ4n) is 3.73. The predicted molar refractivity (Wildman–Crippen MR) is 69.3 cm³/mol. The van der Waals surface area contributed by atoms with Crippen molar-refractivity contribution in [2.45, 2.75) is 69.7 Å². The molecule has 0 aromatic carbocycles. The Kier molecular flexibility index (Phi) is 3.57. The topological polar surface area (TPSA) is 41.6 Å². The van der Waals surface area contributed by atoms with Gasteiger partial charge in [-0.2, -0.15) is 0 Å². The lowest BCUT2D eigenvalue weighted by Crippen LogP contribution is -2.58. The molecule has 4 unspecified atom stereocenters. The van der Waals surface area contributed by atoms with Crippen LogP contribution in [-0.4, -0.2) is 48.2 Å². The molecule has 0 aromatic rings. The number of nitrogens with zero attached hydrogens (tertiary/aromatic N) is 1. The number of amides is 1. The smallest absolute Gasteiger partial charge is 0.240 e. The molecule has 3 aliphatic rings. The standard InChI is InChI=1S/C14H24N2O2/c1-10-4-2-5-11(15-10)14(17)16-8-9-18-13-7-3-6-12(13)16/h10-13,15H,2-9H2,1H3. The summed E-state index contributed by atoms with van der Waals surface area (Å²) in [5.74, 6) is 0.321. The van der Waals surface area contributed by atoms with Crippen molar-refractivity contribution in [1.82, 2.24) is 10.2 Å². The molecule has 1 aliphatic carbocycles. The van der Waals surface area contributed by atoms with Gasteiger partial charge in [0.1, 0.15) is 0 Å². The fourth-order valence-corrected chi connectivity index (χ4v) is 3.73. The van der Waals surface area contributed by atoms with E-state index in [1.165, 1.54) is 19.3 Å². The summed E-state index contributed by atoms with van der Waals surface area (Å²) >= 11 is 0. The lowest BCUT2D eigenvalue weighted by Gasteiger charge is -2.41. The maximum absolute atomic E-state index is 12.6. The first-order valence-electron chi connectivity index (χ1n) is 7.44. The number of nitrogens with one attached hydrogen (secondary N) is 1. The van der Waals surface area contributed by atoms with Gasteiger partial charge in [-0.25, -0.2) is 0 Å². The highest BCUT2D eigenvalue weighted by Crippen LogP contribution is 2.30. The van der Waals surface area contributed by atoms with Crippen LogP contribution in [0.1, 0.15) is 45.4 Å². The minimum Gasteiger partial charge on any atom is -0.374 e. The van der Waals surface area contributed by atoms with Crippen molar-refractivity contribution < 1.29 is 9.53 Å². The number of morpholine rings is 1. The largest absolute Gasteiger partial charge is 0.374 e. The zero-order chi connectivity index (χ0) is 12.5. The summed E-state index contributed by atoms with van der Waals surface area (Å²) in [6.45, 7) is 3.68. The minimum absolute atomic E-state index is 0.0492. The summed E-state index contributed by atoms with van der Waals surface area (Å²) in [7, 11) is 0. The molecule has 1 saturated carbocycles. The van der Waals surface area contributed by atoms with Gasteiger partial charge in [0.15, 0.2) is 0 Å². The van der Waals surface area contributed by atoms with Crippen molar-refractivity contribution in [2.75, 3.05) is 13.2 Å². The Balaban J connectivity index is 1.67. The zero-order valence-corrected chi connectivity index (χ0v) is 11.2. The normalized spacial score (nSPS) is 40.6. The first-order chi connectivity index (χ1) is 8.75. The Labute approximate surface area is 109 Å². The summed E-state index contributed by atoms with van der Waals surface area (Å²) in [4.78, 5) is 14.8. The molecule has 0 radical (unpaired) electrons. The first kappa shape index (κ1) is 12.4. The first-order valence-corrected chi connectivity index (χ1v) is 7.44. The van der Waals surface area contributed by atoms with Gasteiger partial charge >= 0.3 is 0 Å². The third-order valence-electron chi connectivity index (χ3n) is 4.68. The van der Waals surface area contributed by atoms with Gasteiger partial charge in [0.25, 0.3) is 0 Å². The lowest BCUT2D eigenvalue weighted by atomic mass is 9.97. The summed E-state index contributed by atoms with van der Waals surface area (Å²) in [6, 6.07) is 0.881. The van der Waals surface area contributed by atoms with Crippen LogP contribution in [0.5, 0.6) is 0 Å². The molecule has 0 bridgehead atoms. The van der Waals surface area contributed by atoms with E-state index in [2.05, 4.69) is 17.1 Å². The molecule has 3 rings (SSSR count). The molecular formula is C14H24N2O2. The number of rotatable bonds is 1. The number of carbonyl (C=O) groups is 1. The highest BCUT2D eigenvalue weighted by molar-refractivity contribution is 5.82.